The molecule has 6 heteroatoms. The first kappa shape index (κ1) is 13.5. The summed E-state index contributed by atoms with van der Waals surface area (Å²) in [5, 5.41) is 5.50. The summed E-state index contributed by atoms with van der Waals surface area (Å²) in [6, 6.07) is 0. The highest BCUT2D eigenvalue weighted by molar-refractivity contribution is 9.10. The molecule has 0 amide bonds. The number of fused-ring (bicyclic) bond motifs is 1. The van der Waals surface area contributed by atoms with E-state index >= 15 is 0 Å². The van der Waals surface area contributed by atoms with Gasteiger partial charge in [-0.05, 0) is 53.4 Å². The van der Waals surface area contributed by atoms with Gasteiger partial charge in [-0.15, -0.1) is 0 Å². The normalized spacial score (nSPS) is 19.0. The van der Waals surface area contributed by atoms with E-state index in [1.54, 1.807) is 6.33 Å². The second kappa shape index (κ2) is 5.23. The van der Waals surface area contributed by atoms with Crippen molar-refractivity contribution >= 4 is 32.8 Å². The van der Waals surface area contributed by atoms with Crippen LogP contribution in [0.25, 0.3) is 11.0 Å². The first-order chi connectivity index (χ1) is 10.2. The Morgan fingerprint density at radius 2 is 1.90 bits per heavy atom. The Hall–Kier alpha value is -1.17. The minimum Gasteiger partial charge on any atom is -0.355 e. The molecule has 2 saturated carbocycles. The SMILES string of the molecule is Cn1nc(Br)c2c(N(CC3CCC3)CC3CC3)ncnc21. The van der Waals surface area contributed by atoms with Crippen LogP contribution in [0.2, 0.25) is 0 Å². The molecule has 0 aromatic carbocycles. The van der Waals surface area contributed by atoms with E-state index in [1.807, 2.05) is 11.7 Å². The first-order valence-electron chi connectivity index (χ1n) is 7.80. The molecule has 0 unspecified atom stereocenters. The summed E-state index contributed by atoms with van der Waals surface area (Å²) in [4.78, 5) is 11.5. The fraction of sp³-hybridized carbons (Fsp3) is 0.667. The van der Waals surface area contributed by atoms with Crippen molar-refractivity contribution in [3.05, 3.63) is 10.9 Å². The highest BCUT2D eigenvalue weighted by Gasteiger charge is 2.30. The van der Waals surface area contributed by atoms with Gasteiger partial charge in [0.25, 0.3) is 0 Å². The average Bonchev–Trinajstić information content (AvgIpc) is 3.19. The average molecular weight is 350 g/mol. The Balaban J connectivity index is 1.72. The lowest BCUT2D eigenvalue weighted by molar-refractivity contribution is 0.316. The van der Waals surface area contributed by atoms with E-state index in [4.69, 9.17) is 0 Å². The van der Waals surface area contributed by atoms with Crippen LogP contribution in [-0.4, -0.2) is 32.8 Å². The van der Waals surface area contributed by atoms with Gasteiger partial charge in [-0.2, -0.15) is 5.10 Å². The first-order valence-corrected chi connectivity index (χ1v) is 8.60. The number of nitrogens with zero attached hydrogens (tertiary/aromatic N) is 5. The van der Waals surface area contributed by atoms with Crippen molar-refractivity contribution in [3.63, 3.8) is 0 Å². The van der Waals surface area contributed by atoms with Crippen LogP contribution in [0.3, 0.4) is 0 Å². The second-order valence-corrected chi connectivity index (χ2v) is 7.21. The summed E-state index contributed by atoms with van der Waals surface area (Å²) in [5.74, 6) is 2.74. The minimum atomic E-state index is 0.837. The van der Waals surface area contributed by atoms with Crippen LogP contribution in [-0.2, 0) is 7.05 Å². The van der Waals surface area contributed by atoms with E-state index in [2.05, 4.69) is 35.9 Å². The molecule has 0 radical (unpaired) electrons. The Labute approximate surface area is 132 Å². The molecule has 2 heterocycles. The smallest absolute Gasteiger partial charge is 0.164 e. The van der Waals surface area contributed by atoms with E-state index in [1.165, 1.54) is 32.1 Å². The molecule has 2 aromatic rings. The lowest BCUT2D eigenvalue weighted by Crippen LogP contribution is -2.34. The molecule has 2 aromatic heterocycles. The molecule has 4 rings (SSSR count). The zero-order valence-corrected chi connectivity index (χ0v) is 13.9. The van der Waals surface area contributed by atoms with Crippen molar-refractivity contribution in [1.82, 2.24) is 19.7 Å². The van der Waals surface area contributed by atoms with Crippen LogP contribution in [0.4, 0.5) is 5.82 Å². The predicted octanol–water partition coefficient (Wildman–Crippen LogP) is 3.14. The van der Waals surface area contributed by atoms with Crippen molar-refractivity contribution in [2.45, 2.75) is 32.1 Å². The van der Waals surface area contributed by atoms with E-state index < -0.39 is 0 Å². The number of rotatable bonds is 5. The molecule has 21 heavy (non-hydrogen) atoms. The van der Waals surface area contributed by atoms with Crippen LogP contribution in [0, 0.1) is 11.8 Å². The summed E-state index contributed by atoms with van der Waals surface area (Å²) >= 11 is 3.58. The summed E-state index contributed by atoms with van der Waals surface area (Å²) < 4.78 is 2.67. The zero-order valence-electron chi connectivity index (χ0n) is 12.3. The van der Waals surface area contributed by atoms with Crippen molar-refractivity contribution in [2.24, 2.45) is 18.9 Å². The monoisotopic (exact) mass is 349 g/mol. The van der Waals surface area contributed by atoms with Gasteiger partial charge in [-0.3, -0.25) is 0 Å². The maximum Gasteiger partial charge on any atom is 0.164 e. The summed E-state index contributed by atoms with van der Waals surface area (Å²) in [6.45, 7) is 2.26. The standard InChI is InChI=1S/C15H20BrN5/c1-20-14-12(13(16)19-20)15(18-9-17-14)21(8-11-5-6-11)7-10-3-2-4-10/h9-11H,2-8H2,1H3. The Bertz CT molecular complexity index is 659. The van der Waals surface area contributed by atoms with Gasteiger partial charge in [0.1, 0.15) is 16.7 Å². The van der Waals surface area contributed by atoms with Crippen LogP contribution in [0.1, 0.15) is 32.1 Å². The molecule has 2 fully saturated rings. The quantitative estimate of drug-likeness (QED) is 0.831. The number of hydrogen-bond acceptors (Lipinski definition) is 4. The largest absolute Gasteiger partial charge is 0.355 e. The van der Waals surface area contributed by atoms with Crippen LogP contribution < -0.4 is 4.90 Å². The molecule has 2 aliphatic carbocycles. The number of halogens is 1. The third kappa shape index (κ3) is 2.54. The van der Waals surface area contributed by atoms with E-state index in [9.17, 15) is 0 Å². The lowest BCUT2D eigenvalue weighted by atomic mass is 9.85. The van der Waals surface area contributed by atoms with E-state index in [0.29, 0.717) is 0 Å². The van der Waals surface area contributed by atoms with Crippen LogP contribution in [0.5, 0.6) is 0 Å². The zero-order chi connectivity index (χ0) is 14.4. The molecule has 0 N–H and O–H groups in total. The summed E-state index contributed by atoms with van der Waals surface area (Å²) in [6.07, 6.45) is 8.52. The van der Waals surface area contributed by atoms with E-state index in [-0.39, 0.29) is 0 Å². The van der Waals surface area contributed by atoms with Gasteiger partial charge in [-0.25, -0.2) is 14.6 Å². The maximum absolute atomic E-state index is 4.61. The summed E-state index contributed by atoms with van der Waals surface area (Å²) in [5.41, 5.74) is 0.904. The highest BCUT2D eigenvalue weighted by atomic mass is 79.9. The second-order valence-electron chi connectivity index (χ2n) is 6.46. The fourth-order valence-corrected chi connectivity index (χ4v) is 3.71. The number of anilines is 1. The third-order valence-electron chi connectivity index (χ3n) is 4.74. The van der Waals surface area contributed by atoms with Gasteiger partial charge < -0.3 is 4.90 Å². The minimum absolute atomic E-state index is 0.837. The molecule has 0 atom stereocenters. The molecule has 2 aliphatic rings. The van der Waals surface area contributed by atoms with Gasteiger partial charge in [-0.1, -0.05) is 6.42 Å². The number of aromatic nitrogens is 4. The van der Waals surface area contributed by atoms with Crippen molar-refractivity contribution in [1.29, 1.82) is 0 Å². The topological polar surface area (TPSA) is 46.8 Å². The Morgan fingerprint density at radius 1 is 1.19 bits per heavy atom. The Morgan fingerprint density at radius 3 is 2.52 bits per heavy atom. The van der Waals surface area contributed by atoms with Gasteiger partial charge in [0.2, 0.25) is 0 Å². The van der Waals surface area contributed by atoms with Gasteiger partial charge in [0.05, 0.1) is 5.39 Å². The van der Waals surface area contributed by atoms with Gasteiger partial charge in [0.15, 0.2) is 5.65 Å². The maximum atomic E-state index is 4.61. The molecular formula is C15H20BrN5. The molecular weight excluding hydrogens is 330 g/mol. The molecule has 0 bridgehead atoms. The van der Waals surface area contributed by atoms with Crippen molar-refractivity contribution in [2.75, 3.05) is 18.0 Å². The Kier molecular flexibility index (Phi) is 3.36. The van der Waals surface area contributed by atoms with Gasteiger partial charge in [0, 0.05) is 20.1 Å². The van der Waals surface area contributed by atoms with E-state index in [0.717, 1.165) is 46.4 Å². The molecule has 0 saturated heterocycles. The molecule has 0 aliphatic heterocycles. The fourth-order valence-electron chi connectivity index (χ4n) is 3.11. The number of hydrogen-bond donors (Lipinski definition) is 0. The highest BCUT2D eigenvalue weighted by Crippen LogP contribution is 2.37. The van der Waals surface area contributed by atoms with Crippen LogP contribution >= 0.6 is 15.9 Å². The summed E-state index contributed by atoms with van der Waals surface area (Å²) in [7, 11) is 1.93. The third-order valence-corrected chi connectivity index (χ3v) is 5.29. The van der Waals surface area contributed by atoms with Crippen molar-refractivity contribution < 1.29 is 0 Å². The molecule has 112 valence electrons. The van der Waals surface area contributed by atoms with Gasteiger partial charge >= 0.3 is 0 Å². The number of aryl methyl sites for hydroxylation is 1. The molecule has 5 nitrogen and oxygen atoms in total. The van der Waals surface area contributed by atoms with Crippen LogP contribution in [0.15, 0.2) is 10.9 Å². The predicted molar refractivity (Wildman–Crippen MR) is 86.3 cm³/mol. The van der Waals surface area contributed by atoms with Crippen molar-refractivity contribution in [3.8, 4) is 0 Å². The molecule has 0 spiro atoms. The lowest BCUT2D eigenvalue weighted by Gasteiger charge is -2.33.